The van der Waals surface area contributed by atoms with Crippen molar-refractivity contribution < 1.29 is 4.74 Å². The van der Waals surface area contributed by atoms with E-state index in [2.05, 4.69) is 31.0 Å². The van der Waals surface area contributed by atoms with E-state index in [0.717, 1.165) is 13.2 Å². The zero-order valence-electron chi connectivity index (χ0n) is 11.2. The minimum Gasteiger partial charge on any atom is -0.378 e. The largest absolute Gasteiger partial charge is 0.378 e. The van der Waals surface area contributed by atoms with Gasteiger partial charge in [0.1, 0.15) is 0 Å². The summed E-state index contributed by atoms with van der Waals surface area (Å²) >= 11 is 0. The van der Waals surface area contributed by atoms with Gasteiger partial charge in [-0.3, -0.25) is 0 Å². The minimum absolute atomic E-state index is 0.434. The van der Waals surface area contributed by atoms with Gasteiger partial charge in [-0.25, -0.2) is 0 Å². The number of ether oxygens (including phenoxy) is 1. The third kappa shape index (κ3) is 5.28. The molecular formula is C13H28N2O. The molecule has 1 aliphatic heterocycles. The average molecular weight is 228 g/mol. The summed E-state index contributed by atoms with van der Waals surface area (Å²) in [5, 5.41) is 3.65. The number of rotatable bonds is 7. The van der Waals surface area contributed by atoms with Crippen molar-refractivity contribution in [2.45, 2.75) is 52.2 Å². The Morgan fingerprint density at radius 2 is 2.12 bits per heavy atom. The minimum atomic E-state index is 0.434. The highest BCUT2D eigenvalue weighted by Gasteiger charge is 2.18. The first kappa shape index (κ1) is 13.9. The molecule has 1 heterocycles. The van der Waals surface area contributed by atoms with Gasteiger partial charge in [0.2, 0.25) is 0 Å². The van der Waals surface area contributed by atoms with Crippen LogP contribution in [0.15, 0.2) is 0 Å². The van der Waals surface area contributed by atoms with Gasteiger partial charge < -0.3 is 15.0 Å². The van der Waals surface area contributed by atoms with Crippen molar-refractivity contribution in [3.05, 3.63) is 0 Å². The molecule has 0 saturated carbocycles. The van der Waals surface area contributed by atoms with Crippen LogP contribution < -0.4 is 5.32 Å². The van der Waals surface area contributed by atoms with Gasteiger partial charge in [0.05, 0.1) is 6.10 Å². The van der Waals surface area contributed by atoms with Gasteiger partial charge in [0, 0.05) is 25.7 Å². The van der Waals surface area contributed by atoms with Crippen LogP contribution in [0.25, 0.3) is 0 Å². The van der Waals surface area contributed by atoms with Gasteiger partial charge in [-0.2, -0.15) is 0 Å². The van der Waals surface area contributed by atoms with Crippen LogP contribution in [0.4, 0.5) is 0 Å². The maximum atomic E-state index is 5.54. The van der Waals surface area contributed by atoms with E-state index in [1.165, 1.54) is 38.9 Å². The number of hydrogen-bond acceptors (Lipinski definition) is 3. The predicted molar refractivity (Wildman–Crippen MR) is 68.8 cm³/mol. The smallest absolute Gasteiger partial charge is 0.0561 e. The van der Waals surface area contributed by atoms with E-state index in [0.29, 0.717) is 12.1 Å². The topological polar surface area (TPSA) is 24.5 Å². The molecule has 2 atom stereocenters. The van der Waals surface area contributed by atoms with Crippen LogP contribution in [0.3, 0.4) is 0 Å². The number of likely N-dealkylation sites (N-methyl/N-ethyl adjacent to an activating group) is 1. The van der Waals surface area contributed by atoms with Crippen LogP contribution in [-0.2, 0) is 4.74 Å². The van der Waals surface area contributed by atoms with Crippen LogP contribution in [0.5, 0.6) is 0 Å². The normalized spacial score (nSPS) is 26.2. The molecular weight excluding hydrogens is 200 g/mol. The Morgan fingerprint density at radius 1 is 1.31 bits per heavy atom. The molecule has 96 valence electrons. The number of nitrogens with zero attached hydrogens (tertiary/aromatic N) is 1. The van der Waals surface area contributed by atoms with Gasteiger partial charge in [-0.05, 0) is 39.3 Å². The molecule has 0 aromatic rings. The van der Waals surface area contributed by atoms with Crippen molar-refractivity contribution in [3.63, 3.8) is 0 Å². The molecule has 1 saturated heterocycles. The van der Waals surface area contributed by atoms with Crippen LogP contribution in [0, 0.1) is 0 Å². The van der Waals surface area contributed by atoms with Gasteiger partial charge in [0.25, 0.3) is 0 Å². The molecule has 2 unspecified atom stereocenters. The van der Waals surface area contributed by atoms with E-state index >= 15 is 0 Å². The molecule has 0 aromatic carbocycles. The van der Waals surface area contributed by atoms with E-state index in [-0.39, 0.29) is 0 Å². The van der Waals surface area contributed by atoms with Crippen LogP contribution >= 0.6 is 0 Å². The molecule has 3 nitrogen and oxygen atoms in total. The van der Waals surface area contributed by atoms with E-state index < -0.39 is 0 Å². The molecule has 3 heteroatoms. The summed E-state index contributed by atoms with van der Waals surface area (Å²) in [4.78, 5) is 2.51. The Balaban J connectivity index is 2.09. The molecule has 0 aliphatic carbocycles. The lowest BCUT2D eigenvalue weighted by Gasteiger charge is -2.29. The Kier molecular flexibility index (Phi) is 7.01. The fourth-order valence-electron chi connectivity index (χ4n) is 2.35. The summed E-state index contributed by atoms with van der Waals surface area (Å²) in [6.07, 6.45) is 4.02. The maximum absolute atomic E-state index is 5.54. The monoisotopic (exact) mass is 228 g/mol. The highest BCUT2D eigenvalue weighted by molar-refractivity contribution is 4.74. The van der Waals surface area contributed by atoms with E-state index in [1.54, 1.807) is 0 Å². The summed E-state index contributed by atoms with van der Waals surface area (Å²) in [5.41, 5.74) is 0. The molecule has 1 aliphatic rings. The quantitative estimate of drug-likeness (QED) is 0.720. The molecule has 0 radical (unpaired) electrons. The number of hydrogen-bond donors (Lipinski definition) is 1. The molecule has 1 fully saturated rings. The third-order valence-electron chi connectivity index (χ3n) is 3.33. The van der Waals surface area contributed by atoms with Gasteiger partial charge in [-0.1, -0.05) is 13.8 Å². The van der Waals surface area contributed by atoms with E-state index in [1.807, 2.05) is 0 Å². The van der Waals surface area contributed by atoms with Crippen molar-refractivity contribution in [2.24, 2.45) is 0 Å². The second kappa shape index (κ2) is 8.04. The van der Waals surface area contributed by atoms with Crippen LogP contribution in [0.2, 0.25) is 0 Å². The third-order valence-corrected chi connectivity index (χ3v) is 3.33. The zero-order valence-corrected chi connectivity index (χ0v) is 11.2. The second-order valence-corrected chi connectivity index (χ2v) is 4.79. The lowest BCUT2D eigenvalue weighted by Crippen LogP contribution is -2.41. The molecule has 1 rings (SSSR count). The predicted octanol–water partition coefficient (Wildman–Crippen LogP) is 1.88. The van der Waals surface area contributed by atoms with Crippen molar-refractivity contribution in [3.8, 4) is 0 Å². The van der Waals surface area contributed by atoms with E-state index in [9.17, 15) is 0 Å². The highest BCUT2D eigenvalue weighted by atomic mass is 16.5. The summed E-state index contributed by atoms with van der Waals surface area (Å²) < 4.78 is 5.54. The second-order valence-electron chi connectivity index (χ2n) is 4.79. The lowest BCUT2D eigenvalue weighted by atomic mass is 10.0. The summed E-state index contributed by atoms with van der Waals surface area (Å²) in [6.45, 7) is 12.3. The average Bonchev–Trinajstić information content (AvgIpc) is 2.28. The van der Waals surface area contributed by atoms with Crippen LogP contribution in [0.1, 0.15) is 40.0 Å². The molecule has 0 spiro atoms. The van der Waals surface area contributed by atoms with Crippen molar-refractivity contribution in [1.82, 2.24) is 10.2 Å². The van der Waals surface area contributed by atoms with Crippen molar-refractivity contribution in [2.75, 3.05) is 32.8 Å². The SMILES string of the molecule is CCCN(CC)CCNC1CCOC(C)C1. The van der Waals surface area contributed by atoms with Gasteiger partial charge in [0.15, 0.2) is 0 Å². The lowest BCUT2D eigenvalue weighted by molar-refractivity contribution is 0.0130. The van der Waals surface area contributed by atoms with E-state index in [4.69, 9.17) is 4.74 Å². The fraction of sp³-hybridized carbons (Fsp3) is 1.00. The Labute approximate surface area is 101 Å². The van der Waals surface area contributed by atoms with Gasteiger partial charge in [-0.15, -0.1) is 0 Å². The Hall–Kier alpha value is -0.120. The van der Waals surface area contributed by atoms with Crippen LogP contribution in [-0.4, -0.2) is 49.8 Å². The fourth-order valence-corrected chi connectivity index (χ4v) is 2.35. The van der Waals surface area contributed by atoms with Crippen molar-refractivity contribution in [1.29, 1.82) is 0 Å². The standard InChI is InChI=1S/C13H28N2O/c1-4-8-15(5-2)9-7-14-13-6-10-16-12(3)11-13/h12-14H,4-11H2,1-3H3. The first-order valence-electron chi connectivity index (χ1n) is 6.83. The first-order chi connectivity index (χ1) is 7.76. The summed E-state index contributed by atoms with van der Waals surface area (Å²) in [7, 11) is 0. The Morgan fingerprint density at radius 3 is 2.75 bits per heavy atom. The number of nitrogens with one attached hydrogen (secondary N) is 1. The summed E-state index contributed by atoms with van der Waals surface area (Å²) in [6, 6.07) is 0.670. The summed E-state index contributed by atoms with van der Waals surface area (Å²) in [5.74, 6) is 0. The van der Waals surface area contributed by atoms with Crippen molar-refractivity contribution >= 4 is 0 Å². The molecule has 16 heavy (non-hydrogen) atoms. The molecule has 0 amide bonds. The zero-order chi connectivity index (χ0) is 11.8. The molecule has 0 aromatic heterocycles. The molecule has 1 N–H and O–H groups in total. The highest BCUT2D eigenvalue weighted by Crippen LogP contribution is 2.12. The van der Waals surface area contributed by atoms with Gasteiger partial charge >= 0.3 is 0 Å². The Bertz CT molecular complexity index is 175. The maximum Gasteiger partial charge on any atom is 0.0561 e. The molecule has 0 bridgehead atoms. The first-order valence-corrected chi connectivity index (χ1v) is 6.83.